The van der Waals surface area contributed by atoms with Gasteiger partial charge in [0.25, 0.3) is 11.5 Å². The Morgan fingerprint density at radius 2 is 1.75 bits per heavy atom. The normalized spacial score (nSPS) is 15.6. The smallest absolute Gasteiger partial charge is 0.416 e. The van der Waals surface area contributed by atoms with Gasteiger partial charge in [-0.3, -0.25) is 14.4 Å². The molecule has 14 nitrogen and oxygen atoms in total. The number of hydrogen-bond acceptors (Lipinski definition) is 10. The van der Waals surface area contributed by atoms with Gasteiger partial charge < -0.3 is 30.1 Å². The maximum Gasteiger partial charge on any atom is 0.416 e. The average molecular weight is 779 g/mol. The van der Waals surface area contributed by atoms with Gasteiger partial charge in [0.15, 0.2) is 17.3 Å². The Hall–Kier alpha value is -5.55. The summed E-state index contributed by atoms with van der Waals surface area (Å²) in [5, 5.41) is 20.8. The molecular formula is C37H38ClF3N10O4. The molecule has 2 amide bonds. The van der Waals surface area contributed by atoms with Crippen LogP contribution in [0.5, 0.6) is 5.75 Å². The zero-order chi connectivity index (χ0) is 39.2. The van der Waals surface area contributed by atoms with Gasteiger partial charge in [0, 0.05) is 37.3 Å². The van der Waals surface area contributed by atoms with E-state index >= 15 is 0 Å². The van der Waals surface area contributed by atoms with Gasteiger partial charge in [0.2, 0.25) is 11.7 Å². The lowest BCUT2D eigenvalue weighted by molar-refractivity contribution is -0.137. The number of aromatic nitrogens is 6. The zero-order valence-electron chi connectivity index (χ0n) is 30.2. The van der Waals surface area contributed by atoms with Crippen LogP contribution < -0.4 is 21.1 Å². The van der Waals surface area contributed by atoms with Gasteiger partial charge in [-0.25, -0.2) is 9.97 Å². The second-order valence-electron chi connectivity index (χ2n) is 13.6. The molecule has 2 aliphatic rings. The Labute approximate surface area is 318 Å². The van der Waals surface area contributed by atoms with Gasteiger partial charge in [0.1, 0.15) is 18.6 Å². The van der Waals surface area contributed by atoms with Crippen molar-refractivity contribution in [1.82, 2.24) is 39.3 Å². The lowest BCUT2D eigenvalue weighted by Crippen LogP contribution is -2.51. The van der Waals surface area contributed by atoms with Crippen molar-refractivity contribution in [3.8, 4) is 17.1 Å². The molecule has 1 aliphatic heterocycles. The molecule has 18 heteroatoms. The molecule has 1 aliphatic carbocycles. The fourth-order valence-corrected chi connectivity index (χ4v) is 7.46. The quantitative estimate of drug-likeness (QED) is 0.190. The summed E-state index contributed by atoms with van der Waals surface area (Å²) in [7, 11) is 1.94. The fraction of sp³-hybridized carbons (Fsp3) is 0.378. The van der Waals surface area contributed by atoms with E-state index in [1.54, 1.807) is 11.5 Å². The van der Waals surface area contributed by atoms with Gasteiger partial charge in [-0.2, -0.15) is 22.7 Å². The van der Waals surface area contributed by atoms with E-state index in [1.807, 2.05) is 43.1 Å². The van der Waals surface area contributed by atoms with E-state index in [9.17, 15) is 32.7 Å². The van der Waals surface area contributed by atoms with E-state index < -0.39 is 29.1 Å². The van der Waals surface area contributed by atoms with Crippen LogP contribution in [0.15, 0.2) is 53.6 Å². The SMILES string of the molecule is CCc1c(N2CCN(C(=O)c3ncnc(C)c3O)CC2)c(=O)n2nc(-c3ccc(C4(NC)CCC4)cc3)nc2n1CC(=O)Nc1ccc(C(F)(F)F)cc1Cl. The molecule has 2 aromatic carbocycles. The highest BCUT2D eigenvalue weighted by Crippen LogP contribution is 2.41. The summed E-state index contributed by atoms with van der Waals surface area (Å²) in [4.78, 5) is 57.3. The number of alkyl halides is 3. The van der Waals surface area contributed by atoms with E-state index in [0.717, 1.165) is 47.5 Å². The summed E-state index contributed by atoms with van der Waals surface area (Å²) in [6.45, 7) is 3.85. The predicted octanol–water partition coefficient (Wildman–Crippen LogP) is 4.80. The number of halogens is 4. The monoisotopic (exact) mass is 778 g/mol. The number of aromatic hydroxyl groups is 1. The Balaban J connectivity index is 1.25. The van der Waals surface area contributed by atoms with Crippen molar-refractivity contribution in [2.75, 3.05) is 43.4 Å². The van der Waals surface area contributed by atoms with E-state index in [4.69, 9.17) is 16.6 Å². The van der Waals surface area contributed by atoms with Crippen LogP contribution in [0.4, 0.5) is 24.5 Å². The van der Waals surface area contributed by atoms with Crippen LogP contribution in [0, 0.1) is 6.92 Å². The van der Waals surface area contributed by atoms with Crippen molar-refractivity contribution in [3.05, 3.63) is 92.4 Å². The van der Waals surface area contributed by atoms with Gasteiger partial charge in [-0.1, -0.05) is 42.8 Å². The highest BCUT2D eigenvalue weighted by Gasteiger charge is 2.37. The topological polar surface area (TPSA) is 163 Å². The lowest BCUT2D eigenvalue weighted by atomic mass is 9.72. The number of anilines is 2. The van der Waals surface area contributed by atoms with Gasteiger partial charge in [-0.05, 0) is 63.4 Å². The molecule has 288 valence electrons. The molecule has 0 bridgehead atoms. The summed E-state index contributed by atoms with van der Waals surface area (Å²) < 4.78 is 42.5. The van der Waals surface area contributed by atoms with Crippen molar-refractivity contribution in [2.24, 2.45) is 0 Å². The van der Waals surface area contributed by atoms with Crippen LogP contribution >= 0.6 is 11.6 Å². The molecule has 7 rings (SSSR count). The predicted molar refractivity (Wildman–Crippen MR) is 198 cm³/mol. The molecule has 0 atom stereocenters. The Bertz CT molecular complexity index is 2350. The van der Waals surface area contributed by atoms with Crippen molar-refractivity contribution in [3.63, 3.8) is 0 Å². The summed E-state index contributed by atoms with van der Waals surface area (Å²) in [6.07, 6.45) is 0.0308. The molecule has 0 unspecified atom stereocenters. The van der Waals surface area contributed by atoms with Crippen molar-refractivity contribution >= 4 is 40.6 Å². The van der Waals surface area contributed by atoms with Crippen LogP contribution in [0.1, 0.15) is 59.2 Å². The lowest BCUT2D eigenvalue weighted by Gasteiger charge is -2.42. The van der Waals surface area contributed by atoms with E-state index in [0.29, 0.717) is 11.3 Å². The number of nitrogens with one attached hydrogen (secondary N) is 2. The van der Waals surface area contributed by atoms with Crippen LogP contribution in [-0.2, 0) is 29.5 Å². The molecule has 5 aromatic rings. The number of hydrogen-bond donors (Lipinski definition) is 3. The molecule has 0 radical (unpaired) electrons. The molecule has 4 heterocycles. The number of aryl methyl sites for hydroxylation is 1. The Morgan fingerprint density at radius 1 is 1.04 bits per heavy atom. The fourth-order valence-electron chi connectivity index (χ4n) is 7.24. The van der Waals surface area contributed by atoms with Crippen molar-refractivity contribution in [2.45, 2.75) is 57.8 Å². The third-order valence-corrected chi connectivity index (χ3v) is 10.8. The number of rotatable bonds is 9. The molecule has 3 N–H and O–H groups in total. The van der Waals surface area contributed by atoms with Gasteiger partial charge in [-0.15, -0.1) is 5.10 Å². The number of amides is 2. The minimum Gasteiger partial charge on any atom is -0.504 e. The Kier molecular flexibility index (Phi) is 10.0. The minimum absolute atomic E-state index is 0.0197. The largest absolute Gasteiger partial charge is 0.504 e. The van der Waals surface area contributed by atoms with E-state index in [2.05, 4.69) is 25.7 Å². The van der Waals surface area contributed by atoms with Crippen molar-refractivity contribution in [1.29, 1.82) is 0 Å². The maximum atomic E-state index is 14.4. The average Bonchev–Trinajstić information content (AvgIpc) is 3.60. The molecule has 2 fully saturated rings. The molecule has 1 saturated heterocycles. The first-order chi connectivity index (χ1) is 26.2. The molecule has 55 heavy (non-hydrogen) atoms. The summed E-state index contributed by atoms with van der Waals surface area (Å²) in [6, 6.07) is 10.5. The highest BCUT2D eigenvalue weighted by molar-refractivity contribution is 6.33. The highest BCUT2D eigenvalue weighted by atomic mass is 35.5. The van der Waals surface area contributed by atoms with Gasteiger partial charge >= 0.3 is 6.18 Å². The molecule has 1 saturated carbocycles. The van der Waals surface area contributed by atoms with E-state index in [1.165, 1.54) is 11.2 Å². The van der Waals surface area contributed by atoms with Crippen LogP contribution in [-0.4, -0.2) is 84.2 Å². The second kappa shape index (κ2) is 14.6. The summed E-state index contributed by atoms with van der Waals surface area (Å²) >= 11 is 6.16. The third-order valence-electron chi connectivity index (χ3n) is 10.5. The number of carbonyl (C=O) groups is 2. The van der Waals surface area contributed by atoms with E-state index in [-0.39, 0.29) is 89.8 Å². The van der Waals surface area contributed by atoms with Crippen LogP contribution in [0.3, 0.4) is 0 Å². The second-order valence-corrected chi connectivity index (χ2v) is 14.0. The third kappa shape index (κ3) is 6.97. The first-order valence-corrected chi connectivity index (χ1v) is 18.2. The number of piperazine rings is 1. The Morgan fingerprint density at radius 3 is 2.35 bits per heavy atom. The van der Waals surface area contributed by atoms with Crippen molar-refractivity contribution < 1.29 is 27.9 Å². The summed E-state index contributed by atoms with van der Waals surface area (Å²) in [5.41, 5.74) is 1.12. The molecule has 0 spiro atoms. The maximum absolute atomic E-state index is 14.4. The number of carbonyl (C=O) groups excluding carboxylic acids is 2. The first kappa shape index (κ1) is 37.8. The molecular weight excluding hydrogens is 741 g/mol. The molecule has 3 aromatic heterocycles. The van der Waals surface area contributed by atoms with Crippen LogP contribution in [0.25, 0.3) is 17.2 Å². The standard InChI is InChI=1S/C37H38ClF3N10O4/c1-4-27-30(48-14-16-49(17-15-48)33(54)29-31(53)21(2)43-20-44-29)34(55)51-35(46-32(47-51)22-6-8-23(9-7-22)36(42-3)12-5-13-36)50(27)19-28(52)45-26-11-10-24(18-25(26)38)37(39,40)41/h6-11,18,20,42,53H,4-5,12-17,19H2,1-3H3,(H,45,52). The zero-order valence-corrected chi connectivity index (χ0v) is 31.0. The summed E-state index contributed by atoms with van der Waals surface area (Å²) in [5.74, 6) is -1.06. The number of benzene rings is 2. The minimum atomic E-state index is -4.62. The number of fused-ring (bicyclic) bond motifs is 1. The van der Waals surface area contributed by atoms with Crippen LogP contribution in [0.2, 0.25) is 5.02 Å². The number of nitrogens with zero attached hydrogens (tertiary/aromatic N) is 8. The van der Waals surface area contributed by atoms with Gasteiger partial charge in [0.05, 0.1) is 27.7 Å². The first-order valence-electron chi connectivity index (χ1n) is 17.8.